The van der Waals surface area contributed by atoms with Gasteiger partial charge in [0, 0.05) is 11.8 Å². The van der Waals surface area contributed by atoms with Gasteiger partial charge in [-0.15, -0.1) is 29.9 Å². The van der Waals surface area contributed by atoms with E-state index in [-0.39, 0.29) is 42.5 Å². The second kappa shape index (κ2) is 8.96. The molecule has 1 aliphatic rings. The van der Waals surface area contributed by atoms with Gasteiger partial charge in [-0.2, -0.15) is 5.10 Å². The summed E-state index contributed by atoms with van der Waals surface area (Å²) in [5, 5.41) is 8.05. The van der Waals surface area contributed by atoms with Crippen molar-refractivity contribution in [2.24, 2.45) is 21.7 Å². The molecule has 1 atom stereocenters. The minimum Gasteiger partial charge on any atom is -0.369 e. The first-order valence-corrected chi connectivity index (χ1v) is 7.82. The molecule has 0 saturated carbocycles. The maximum absolute atomic E-state index is 13.7. The van der Waals surface area contributed by atoms with Crippen molar-refractivity contribution < 1.29 is 4.39 Å². The molecule has 1 aliphatic carbocycles. The van der Waals surface area contributed by atoms with E-state index < -0.39 is 0 Å². The Balaban J connectivity index is 0.00000169. The number of nitrogens with two attached hydrogens (primary N) is 2. The Hall–Kier alpha value is -2.18. The van der Waals surface area contributed by atoms with Crippen molar-refractivity contribution >= 4 is 36.5 Å². The number of pyridine rings is 1. The van der Waals surface area contributed by atoms with E-state index in [9.17, 15) is 4.39 Å². The molecule has 0 amide bonds. The Morgan fingerprint density at radius 2 is 1.85 bits per heavy atom. The lowest BCUT2D eigenvalue weighted by atomic mass is 9.79. The zero-order chi connectivity index (χ0) is 17.3. The van der Waals surface area contributed by atoms with Crippen molar-refractivity contribution in [1.29, 1.82) is 0 Å². The van der Waals surface area contributed by atoms with Gasteiger partial charge in [0.1, 0.15) is 5.82 Å². The van der Waals surface area contributed by atoms with Crippen LogP contribution < -0.4 is 11.5 Å². The summed E-state index contributed by atoms with van der Waals surface area (Å²) in [4.78, 5) is 4.50. The SMILES string of the molecule is Cc1ccc(F)cc1C1C/C(=N\N=C(N)N)c2c(C)ccnc2C1.Cl.Cl. The van der Waals surface area contributed by atoms with Crippen LogP contribution in [0.2, 0.25) is 0 Å². The molecule has 0 saturated heterocycles. The summed E-state index contributed by atoms with van der Waals surface area (Å²) in [5.41, 5.74) is 16.7. The fourth-order valence-corrected chi connectivity index (χ4v) is 3.28. The largest absolute Gasteiger partial charge is 0.369 e. The molecule has 1 unspecified atom stereocenters. The van der Waals surface area contributed by atoms with E-state index in [1.165, 1.54) is 6.07 Å². The standard InChI is InChI=1S/C18H20FN5.2ClH/c1-10-3-4-13(19)9-14(10)12-7-15-17(11(2)5-6-22-15)16(8-12)23-24-18(20)21;;/h3-6,9,12H,7-8H2,1-2H3,(H4,20,21,24);2*1H/b23-16+;;. The highest BCUT2D eigenvalue weighted by Crippen LogP contribution is 2.35. The topological polar surface area (TPSA) is 89.6 Å². The summed E-state index contributed by atoms with van der Waals surface area (Å²) in [7, 11) is 0. The second-order valence-electron chi connectivity index (χ2n) is 6.13. The van der Waals surface area contributed by atoms with Gasteiger partial charge in [0.25, 0.3) is 0 Å². The minimum absolute atomic E-state index is 0. The van der Waals surface area contributed by atoms with Gasteiger partial charge in [0.2, 0.25) is 5.96 Å². The Bertz CT molecular complexity index is 847. The zero-order valence-corrected chi connectivity index (χ0v) is 16.2. The predicted molar refractivity (Wildman–Crippen MR) is 108 cm³/mol. The van der Waals surface area contributed by atoms with E-state index in [0.29, 0.717) is 6.42 Å². The van der Waals surface area contributed by atoms with Gasteiger partial charge in [-0.1, -0.05) is 6.07 Å². The third-order valence-electron chi connectivity index (χ3n) is 4.37. The normalized spacial score (nSPS) is 16.9. The van der Waals surface area contributed by atoms with Crippen LogP contribution in [-0.4, -0.2) is 16.7 Å². The lowest BCUT2D eigenvalue weighted by molar-refractivity contribution is 0.612. The molecule has 2 aromatic rings. The molecule has 1 aromatic carbocycles. The number of nitrogens with zero attached hydrogens (tertiary/aromatic N) is 3. The Labute approximate surface area is 164 Å². The molecule has 0 radical (unpaired) electrons. The lowest BCUT2D eigenvalue weighted by Crippen LogP contribution is -2.24. The number of fused-ring (bicyclic) bond motifs is 1. The molecular formula is C18H22Cl2FN5. The van der Waals surface area contributed by atoms with E-state index in [1.807, 2.05) is 19.9 Å². The highest BCUT2D eigenvalue weighted by Gasteiger charge is 2.28. The molecule has 4 N–H and O–H groups in total. The van der Waals surface area contributed by atoms with Crippen LogP contribution in [0.3, 0.4) is 0 Å². The number of guanidine groups is 1. The van der Waals surface area contributed by atoms with Crippen LogP contribution in [0, 0.1) is 19.7 Å². The number of benzene rings is 1. The molecule has 0 spiro atoms. The average Bonchev–Trinajstić information content (AvgIpc) is 2.54. The molecule has 1 heterocycles. The fourth-order valence-electron chi connectivity index (χ4n) is 3.28. The van der Waals surface area contributed by atoms with Crippen molar-refractivity contribution in [2.45, 2.75) is 32.6 Å². The highest BCUT2D eigenvalue weighted by atomic mass is 35.5. The second-order valence-corrected chi connectivity index (χ2v) is 6.13. The van der Waals surface area contributed by atoms with Gasteiger partial charge in [-0.3, -0.25) is 4.98 Å². The summed E-state index contributed by atoms with van der Waals surface area (Å²) in [6, 6.07) is 6.82. The van der Waals surface area contributed by atoms with Gasteiger partial charge in [-0.05, 0) is 67.5 Å². The quantitative estimate of drug-likeness (QED) is 0.462. The number of hydrogen-bond acceptors (Lipinski definition) is 3. The molecule has 1 aromatic heterocycles. The van der Waals surface area contributed by atoms with Crippen LogP contribution in [-0.2, 0) is 6.42 Å². The van der Waals surface area contributed by atoms with Crippen LogP contribution in [0.25, 0.3) is 0 Å². The first-order chi connectivity index (χ1) is 11.5. The van der Waals surface area contributed by atoms with Crippen LogP contribution >= 0.6 is 24.8 Å². The molecule has 0 fully saturated rings. The van der Waals surface area contributed by atoms with Crippen molar-refractivity contribution in [3.05, 3.63) is 64.2 Å². The average molecular weight is 398 g/mol. The van der Waals surface area contributed by atoms with E-state index in [4.69, 9.17) is 11.5 Å². The van der Waals surface area contributed by atoms with Gasteiger partial charge >= 0.3 is 0 Å². The van der Waals surface area contributed by atoms with Gasteiger partial charge in [0.05, 0.1) is 11.4 Å². The molecular weight excluding hydrogens is 376 g/mol. The van der Waals surface area contributed by atoms with Crippen molar-refractivity contribution in [1.82, 2.24) is 4.98 Å². The molecule has 3 rings (SSSR count). The summed E-state index contributed by atoms with van der Waals surface area (Å²) in [5.74, 6) is -0.230. The molecule has 26 heavy (non-hydrogen) atoms. The maximum atomic E-state index is 13.7. The summed E-state index contributed by atoms with van der Waals surface area (Å²) in [6.45, 7) is 4.00. The van der Waals surface area contributed by atoms with Crippen molar-refractivity contribution in [3.63, 3.8) is 0 Å². The van der Waals surface area contributed by atoms with Gasteiger partial charge in [-0.25, -0.2) is 4.39 Å². The van der Waals surface area contributed by atoms with E-state index in [1.54, 1.807) is 18.3 Å². The third kappa shape index (κ3) is 4.51. The van der Waals surface area contributed by atoms with Crippen molar-refractivity contribution in [2.75, 3.05) is 0 Å². The van der Waals surface area contributed by atoms with Crippen molar-refractivity contribution in [3.8, 4) is 0 Å². The Morgan fingerprint density at radius 3 is 2.54 bits per heavy atom. The minimum atomic E-state index is -0.235. The fraction of sp³-hybridized carbons (Fsp3) is 0.278. The van der Waals surface area contributed by atoms with Crippen LogP contribution in [0.15, 0.2) is 40.7 Å². The highest BCUT2D eigenvalue weighted by molar-refractivity contribution is 6.04. The first-order valence-electron chi connectivity index (χ1n) is 7.82. The molecule has 5 nitrogen and oxygen atoms in total. The Morgan fingerprint density at radius 1 is 1.12 bits per heavy atom. The monoisotopic (exact) mass is 397 g/mol. The van der Waals surface area contributed by atoms with Gasteiger partial charge < -0.3 is 11.5 Å². The predicted octanol–water partition coefficient (Wildman–Crippen LogP) is 3.39. The number of aryl methyl sites for hydroxylation is 2. The smallest absolute Gasteiger partial charge is 0.211 e. The van der Waals surface area contributed by atoms with E-state index in [0.717, 1.165) is 40.1 Å². The summed E-state index contributed by atoms with van der Waals surface area (Å²) < 4.78 is 13.7. The van der Waals surface area contributed by atoms with Crippen LogP contribution in [0.4, 0.5) is 4.39 Å². The number of rotatable bonds is 2. The van der Waals surface area contributed by atoms with Gasteiger partial charge in [0.15, 0.2) is 0 Å². The number of halogens is 3. The van der Waals surface area contributed by atoms with E-state index in [2.05, 4.69) is 15.2 Å². The molecule has 140 valence electrons. The van der Waals surface area contributed by atoms with Crippen LogP contribution in [0.5, 0.6) is 0 Å². The first kappa shape index (κ1) is 21.9. The number of hydrogen-bond donors (Lipinski definition) is 2. The maximum Gasteiger partial charge on any atom is 0.211 e. The summed E-state index contributed by atoms with van der Waals surface area (Å²) >= 11 is 0. The van der Waals surface area contributed by atoms with E-state index >= 15 is 0 Å². The van der Waals surface area contributed by atoms with Crippen LogP contribution in [0.1, 0.15) is 40.3 Å². The Kier molecular flexibility index (Phi) is 7.54. The third-order valence-corrected chi connectivity index (χ3v) is 4.37. The molecule has 0 bridgehead atoms. The lowest BCUT2D eigenvalue weighted by Gasteiger charge is -2.27. The molecule has 0 aliphatic heterocycles. The zero-order valence-electron chi connectivity index (χ0n) is 14.6. The summed E-state index contributed by atoms with van der Waals surface area (Å²) in [6.07, 6.45) is 3.16. The number of aromatic nitrogens is 1. The molecule has 8 heteroatoms.